The number of hydrogen-bond donors (Lipinski definition) is 1. The first kappa shape index (κ1) is 15.3. The molecule has 1 fully saturated rings. The van der Waals surface area contributed by atoms with Crippen LogP contribution in [0.5, 0.6) is 5.75 Å². The average Bonchev–Trinajstić information content (AvgIpc) is 3.06. The number of benzene rings is 1. The summed E-state index contributed by atoms with van der Waals surface area (Å²) in [4.78, 5) is 0. The van der Waals surface area contributed by atoms with Crippen LogP contribution in [0.15, 0.2) is 16.6 Å². The second kappa shape index (κ2) is 6.27. The molecule has 116 valence electrons. The van der Waals surface area contributed by atoms with Gasteiger partial charge in [-0.1, -0.05) is 29.8 Å². The van der Waals surface area contributed by atoms with Crippen LogP contribution in [0.2, 0.25) is 0 Å². The SMILES string of the molecule is CC(C)NCC1(Cc2cc(Br)cc3c2OCC3)CCOC1. The lowest BCUT2D eigenvalue weighted by atomic mass is 9.80. The lowest BCUT2D eigenvalue weighted by Crippen LogP contribution is -2.39. The van der Waals surface area contributed by atoms with Gasteiger partial charge in [-0.25, -0.2) is 0 Å². The molecule has 1 N–H and O–H groups in total. The van der Waals surface area contributed by atoms with Crippen LogP contribution in [-0.2, 0) is 17.6 Å². The summed E-state index contributed by atoms with van der Waals surface area (Å²) in [5.74, 6) is 1.12. The third-order valence-electron chi connectivity index (χ3n) is 4.46. The minimum atomic E-state index is 0.199. The van der Waals surface area contributed by atoms with Crippen LogP contribution >= 0.6 is 15.9 Å². The Morgan fingerprint density at radius 3 is 2.90 bits per heavy atom. The second-order valence-electron chi connectivity index (χ2n) is 6.67. The molecule has 0 radical (unpaired) electrons. The minimum Gasteiger partial charge on any atom is -0.493 e. The molecule has 1 atom stereocenters. The summed E-state index contributed by atoms with van der Waals surface area (Å²) < 4.78 is 12.8. The highest BCUT2D eigenvalue weighted by Crippen LogP contribution is 2.39. The van der Waals surface area contributed by atoms with Crippen molar-refractivity contribution >= 4 is 15.9 Å². The van der Waals surface area contributed by atoms with Gasteiger partial charge in [-0.3, -0.25) is 0 Å². The summed E-state index contributed by atoms with van der Waals surface area (Å²) in [6.07, 6.45) is 3.16. The molecule has 1 aromatic rings. The van der Waals surface area contributed by atoms with E-state index >= 15 is 0 Å². The molecule has 0 spiro atoms. The highest BCUT2D eigenvalue weighted by Gasteiger charge is 2.36. The van der Waals surface area contributed by atoms with Crippen molar-refractivity contribution in [1.82, 2.24) is 5.32 Å². The minimum absolute atomic E-state index is 0.199. The van der Waals surface area contributed by atoms with Gasteiger partial charge in [0.15, 0.2) is 0 Å². The Labute approximate surface area is 135 Å². The fraction of sp³-hybridized carbons (Fsp3) is 0.647. The van der Waals surface area contributed by atoms with E-state index in [2.05, 4.69) is 47.2 Å². The molecule has 0 saturated carbocycles. The number of fused-ring (bicyclic) bond motifs is 1. The predicted octanol–water partition coefficient (Wildman–Crippen LogP) is 3.33. The number of rotatable bonds is 5. The average molecular weight is 354 g/mol. The molecule has 2 aliphatic rings. The van der Waals surface area contributed by atoms with Crippen LogP contribution in [0.1, 0.15) is 31.4 Å². The molecule has 1 unspecified atom stereocenters. The molecule has 4 heteroatoms. The number of halogens is 1. The van der Waals surface area contributed by atoms with Crippen molar-refractivity contribution in [2.75, 3.05) is 26.4 Å². The van der Waals surface area contributed by atoms with Crippen molar-refractivity contribution in [1.29, 1.82) is 0 Å². The van der Waals surface area contributed by atoms with E-state index in [1.165, 1.54) is 11.1 Å². The van der Waals surface area contributed by atoms with E-state index in [1.54, 1.807) is 0 Å². The molecule has 0 aromatic heterocycles. The Balaban J connectivity index is 1.83. The van der Waals surface area contributed by atoms with Gasteiger partial charge in [-0.15, -0.1) is 0 Å². The number of hydrogen-bond acceptors (Lipinski definition) is 3. The molecule has 2 aliphatic heterocycles. The topological polar surface area (TPSA) is 30.5 Å². The van der Waals surface area contributed by atoms with Gasteiger partial charge in [0.2, 0.25) is 0 Å². The van der Waals surface area contributed by atoms with E-state index < -0.39 is 0 Å². The van der Waals surface area contributed by atoms with E-state index in [0.717, 1.165) is 55.9 Å². The van der Waals surface area contributed by atoms with E-state index in [-0.39, 0.29) is 5.41 Å². The van der Waals surface area contributed by atoms with Crippen LogP contribution in [0.25, 0.3) is 0 Å². The highest BCUT2D eigenvalue weighted by molar-refractivity contribution is 9.10. The zero-order chi connectivity index (χ0) is 14.9. The molecule has 21 heavy (non-hydrogen) atoms. The fourth-order valence-electron chi connectivity index (χ4n) is 3.29. The molecule has 0 aliphatic carbocycles. The summed E-state index contributed by atoms with van der Waals surface area (Å²) in [6, 6.07) is 4.92. The molecule has 0 amide bonds. The van der Waals surface area contributed by atoms with Gasteiger partial charge in [0.25, 0.3) is 0 Å². The number of ether oxygens (including phenoxy) is 2. The van der Waals surface area contributed by atoms with Gasteiger partial charge >= 0.3 is 0 Å². The van der Waals surface area contributed by atoms with Crippen molar-refractivity contribution in [2.45, 2.75) is 39.2 Å². The third-order valence-corrected chi connectivity index (χ3v) is 4.92. The smallest absolute Gasteiger partial charge is 0.125 e. The third kappa shape index (κ3) is 3.43. The van der Waals surface area contributed by atoms with Crippen LogP contribution < -0.4 is 10.1 Å². The van der Waals surface area contributed by atoms with Gasteiger partial charge in [-0.05, 0) is 36.1 Å². The number of nitrogens with one attached hydrogen (secondary N) is 1. The zero-order valence-electron chi connectivity index (χ0n) is 12.9. The van der Waals surface area contributed by atoms with Crippen molar-refractivity contribution in [3.05, 3.63) is 27.7 Å². The van der Waals surface area contributed by atoms with E-state index in [1.807, 2.05) is 0 Å². The van der Waals surface area contributed by atoms with Gasteiger partial charge < -0.3 is 14.8 Å². The first-order valence-corrected chi connectivity index (χ1v) is 8.63. The Hall–Kier alpha value is -0.580. The standard InChI is InChI=1S/C17H24BrNO2/c1-12(2)19-10-17(4-6-20-11-17)9-14-8-15(18)7-13-3-5-21-16(13)14/h7-8,12,19H,3-6,9-11H2,1-2H3. The van der Waals surface area contributed by atoms with E-state index in [9.17, 15) is 0 Å². The zero-order valence-corrected chi connectivity index (χ0v) is 14.5. The largest absolute Gasteiger partial charge is 0.493 e. The molecule has 0 bridgehead atoms. The Morgan fingerprint density at radius 2 is 2.19 bits per heavy atom. The summed E-state index contributed by atoms with van der Waals surface area (Å²) in [7, 11) is 0. The lowest BCUT2D eigenvalue weighted by molar-refractivity contribution is 0.147. The Morgan fingerprint density at radius 1 is 1.33 bits per heavy atom. The molecule has 1 aromatic carbocycles. The highest BCUT2D eigenvalue weighted by atomic mass is 79.9. The molecular weight excluding hydrogens is 330 g/mol. The first-order chi connectivity index (χ1) is 10.1. The summed E-state index contributed by atoms with van der Waals surface area (Å²) in [5.41, 5.74) is 2.86. The van der Waals surface area contributed by atoms with Crippen molar-refractivity contribution in [3.63, 3.8) is 0 Å². The molecule has 1 saturated heterocycles. The lowest BCUT2D eigenvalue weighted by Gasteiger charge is -2.29. The summed E-state index contributed by atoms with van der Waals surface area (Å²) >= 11 is 3.64. The maximum Gasteiger partial charge on any atom is 0.125 e. The monoisotopic (exact) mass is 353 g/mol. The Kier molecular flexibility index (Phi) is 4.57. The molecule has 3 rings (SSSR count). The van der Waals surface area contributed by atoms with Crippen LogP contribution in [-0.4, -0.2) is 32.4 Å². The van der Waals surface area contributed by atoms with Gasteiger partial charge in [0, 0.05) is 35.5 Å². The molecule has 2 heterocycles. The summed E-state index contributed by atoms with van der Waals surface area (Å²) in [5, 5.41) is 3.60. The summed E-state index contributed by atoms with van der Waals surface area (Å²) in [6.45, 7) is 7.93. The van der Waals surface area contributed by atoms with Crippen LogP contribution in [0.4, 0.5) is 0 Å². The van der Waals surface area contributed by atoms with Crippen molar-refractivity contribution in [3.8, 4) is 5.75 Å². The van der Waals surface area contributed by atoms with Gasteiger partial charge in [-0.2, -0.15) is 0 Å². The van der Waals surface area contributed by atoms with E-state index in [4.69, 9.17) is 9.47 Å². The van der Waals surface area contributed by atoms with Crippen molar-refractivity contribution < 1.29 is 9.47 Å². The molecule has 3 nitrogen and oxygen atoms in total. The molecular formula is C17H24BrNO2. The fourth-order valence-corrected chi connectivity index (χ4v) is 3.85. The van der Waals surface area contributed by atoms with Crippen LogP contribution in [0.3, 0.4) is 0 Å². The maximum atomic E-state index is 5.88. The normalized spacial score (nSPS) is 24.4. The quantitative estimate of drug-likeness (QED) is 0.880. The van der Waals surface area contributed by atoms with Gasteiger partial charge in [0.1, 0.15) is 5.75 Å². The van der Waals surface area contributed by atoms with Gasteiger partial charge in [0.05, 0.1) is 13.2 Å². The maximum absolute atomic E-state index is 5.88. The Bertz CT molecular complexity index is 510. The predicted molar refractivity (Wildman–Crippen MR) is 88.1 cm³/mol. The second-order valence-corrected chi connectivity index (χ2v) is 7.58. The van der Waals surface area contributed by atoms with Crippen LogP contribution in [0, 0.1) is 5.41 Å². The van der Waals surface area contributed by atoms with Crippen molar-refractivity contribution in [2.24, 2.45) is 5.41 Å². The van der Waals surface area contributed by atoms with E-state index in [0.29, 0.717) is 6.04 Å². The first-order valence-electron chi connectivity index (χ1n) is 7.83.